The van der Waals surface area contributed by atoms with Gasteiger partial charge in [-0.1, -0.05) is 48.4 Å². The third kappa shape index (κ3) is 9.95. The molecule has 0 amide bonds. The van der Waals surface area contributed by atoms with Crippen LogP contribution in [0.25, 0.3) is 11.1 Å². The van der Waals surface area contributed by atoms with E-state index in [0.717, 1.165) is 109 Å². The SMILES string of the molecule is Cc1c(COc2cc(OCc3cncc(C#N)c3)c(CN3CCCC[C@H]3C(=O)O)cc2Cl)cccc1-c1cccc(OCCCN2CCC3(CCC(O)CC3)C2)c1C. The number of hydrogen-bond acceptors (Lipinski definition) is 9. The number of hydrogen-bond donors (Lipinski definition) is 2. The zero-order valence-corrected chi connectivity index (χ0v) is 34.5. The lowest BCUT2D eigenvalue weighted by Crippen LogP contribution is -2.44. The Morgan fingerprint density at radius 2 is 1.67 bits per heavy atom. The van der Waals surface area contributed by atoms with E-state index in [1.807, 2.05) is 17.0 Å². The number of carboxylic acids is 1. The van der Waals surface area contributed by atoms with Crippen LogP contribution in [0, 0.1) is 30.6 Å². The molecular weight excluding hydrogens is 752 g/mol. The van der Waals surface area contributed by atoms with Crippen LogP contribution in [-0.2, 0) is 24.6 Å². The number of aromatic nitrogens is 1. The number of likely N-dealkylation sites (tertiary alicyclic amines) is 2. The van der Waals surface area contributed by atoms with Crippen LogP contribution in [0.15, 0.2) is 67.0 Å². The van der Waals surface area contributed by atoms with Crippen LogP contribution in [0.1, 0.15) is 91.2 Å². The Balaban J connectivity index is 1.02. The molecule has 1 atom stereocenters. The molecule has 1 saturated carbocycles. The smallest absolute Gasteiger partial charge is 0.320 e. The van der Waals surface area contributed by atoms with Crippen molar-refractivity contribution in [2.75, 3.05) is 32.8 Å². The van der Waals surface area contributed by atoms with E-state index in [9.17, 15) is 20.3 Å². The van der Waals surface area contributed by atoms with Gasteiger partial charge >= 0.3 is 5.97 Å². The zero-order chi connectivity index (χ0) is 40.6. The van der Waals surface area contributed by atoms with Crippen molar-refractivity contribution in [1.29, 1.82) is 5.26 Å². The average Bonchev–Trinajstić information content (AvgIpc) is 3.63. The fourth-order valence-electron chi connectivity index (χ4n) is 9.07. The van der Waals surface area contributed by atoms with E-state index in [1.165, 1.54) is 12.6 Å². The van der Waals surface area contributed by atoms with Crippen LogP contribution in [-0.4, -0.2) is 75.9 Å². The lowest BCUT2D eigenvalue weighted by atomic mass is 9.73. The fourth-order valence-corrected chi connectivity index (χ4v) is 9.31. The summed E-state index contributed by atoms with van der Waals surface area (Å²) in [5.41, 5.74) is 7.77. The third-order valence-corrected chi connectivity index (χ3v) is 12.8. The maximum Gasteiger partial charge on any atom is 0.320 e. The lowest BCUT2D eigenvalue weighted by Gasteiger charge is -2.35. The van der Waals surface area contributed by atoms with Gasteiger partial charge in [0.2, 0.25) is 0 Å². The highest BCUT2D eigenvalue weighted by Gasteiger charge is 2.40. The van der Waals surface area contributed by atoms with Crippen molar-refractivity contribution >= 4 is 17.6 Å². The minimum atomic E-state index is -0.830. The predicted octanol–water partition coefficient (Wildman–Crippen LogP) is 8.88. The topological polar surface area (TPSA) is 128 Å². The number of halogens is 1. The summed E-state index contributed by atoms with van der Waals surface area (Å²) in [7, 11) is 0. The highest BCUT2D eigenvalue weighted by molar-refractivity contribution is 6.32. The summed E-state index contributed by atoms with van der Waals surface area (Å²) in [5, 5.41) is 29.7. The monoisotopic (exact) mass is 806 g/mol. The normalized spacial score (nSPS) is 21.2. The number of nitrogens with zero attached hydrogens (tertiary/aromatic N) is 4. The molecule has 2 aliphatic heterocycles. The minimum absolute atomic E-state index is 0.109. The molecular formula is C47H55ClN4O6. The number of aliphatic hydroxyl groups is 1. The maximum atomic E-state index is 12.1. The number of pyridine rings is 1. The summed E-state index contributed by atoms with van der Waals surface area (Å²) in [4.78, 5) is 20.8. The molecule has 1 aromatic heterocycles. The number of carboxylic acid groups (broad SMARTS) is 1. The Bertz CT molecular complexity index is 2110. The molecule has 2 N–H and O–H groups in total. The second-order valence-electron chi connectivity index (χ2n) is 16.5. The van der Waals surface area contributed by atoms with Gasteiger partial charge in [-0.15, -0.1) is 0 Å². The van der Waals surface area contributed by atoms with Gasteiger partial charge in [0.15, 0.2) is 0 Å². The summed E-state index contributed by atoms with van der Waals surface area (Å²) < 4.78 is 19.1. The van der Waals surface area contributed by atoms with Crippen molar-refractivity contribution in [3.8, 4) is 34.4 Å². The van der Waals surface area contributed by atoms with Crippen molar-refractivity contribution in [2.45, 2.75) is 104 Å². The van der Waals surface area contributed by atoms with E-state index < -0.39 is 12.0 Å². The molecule has 4 aromatic rings. The Labute approximate surface area is 347 Å². The quantitative estimate of drug-likeness (QED) is 0.113. The van der Waals surface area contributed by atoms with E-state index in [2.05, 4.69) is 60.1 Å². The van der Waals surface area contributed by atoms with Crippen molar-refractivity contribution < 1.29 is 29.2 Å². The molecule has 10 nitrogen and oxygen atoms in total. The number of piperidine rings is 1. The van der Waals surface area contributed by atoms with Crippen molar-refractivity contribution in [1.82, 2.24) is 14.8 Å². The molecule has 7 rings (SSSR count). The third-order valence-electron chi connectivity index (χ3n) is 12.5. The van der Waals surface area contributed by atoms with E-state index >= 15 is 0 Å². The number of aliphatic hydroxyl groups excluding tert-OH is 1. The summed E-state index contributed by atoms with van der Waals surface area (Å²) >= 11 is 6.89. The number of aliphatic carboxylic acids is 1. The largest absolute Gasteiger partial charge is 0.493 e. The Hall–Kier alpha value is -4.66. The van der Waals surface area contributed by atoms with Crippen LogP contribution >= 0.6 is 11.6 Å². The second kappa shape index (κ2) is 18.9. The van der Waals surface area contributed by atoms with Crippen LogP contribution in [0.3, 0.4) is 0 Å². The van der Waals surface area contributed by atoms with Crippen LogP contribution < -0.4 is 14.2 Å². The minimum Gasteiger partial charge on any atom is -0.493 e. The highest BCUT2D eigenvalue weighted by Crippen LogP contribution is 2.44. The average molecular weight is 807 g/mol. The molecule has 0 unspecified atom stereocenters. The number of benzene rings is 3. The number of carbonyl (C=O) groups is 1. The predicted molar refractivity (Wildman–Crippen MR) is 224 cm³/mol. The Kier molecular flexibility index (Phi) is 13.6. The first-order valence-electron chi connectivity index (χ1n) is 20.7. The van der Waals surface area contributed by atoms with E-state index in [4.69, 9.17) is 25.8 Å². The van der Waals surface area contributed by atoms with Crippen molar-refractivity contribution in [3.05, 3.63) is 105 Å². The second-order valence-corrected chi connectivity index (χ2v) is 16.9. The maximum absolute atomic E-state index is 12.1. The molecule has 1 aliphatic carbocycles. The Morgan fingerprint density at radius 1 is 0.897 bits per heavy atom. The van der Waals surface area contributed by atoms with Gasteiger partial charge in [-0.3, -0.25) is 14.7 Å². The molecule has 2 saturated heterocycles. The molecule has 0 radical (unpaired) electrons. The standard InChI is InChI=1S/C47H55ClN4O6/c1-32-36(8-5-9-39(32)40-10-6-12-43(33(40)2)56-21-7-18-51-20-17-47(31-51)15-13-38(53)14-16-47)30-58-45-24-44(57-29-35-22-34(25-49)26-50-27-35)37(23-41(45)48)28-52-19-4-3-11-42(52)46(54)55/h5-6,8-10,12,22-24,26-27,38,42,53H,3-4,7,11,13-21,28-31H2,1-2H3,(H,54,55)/t38?,42-,47?/m0/s1. The van der Waals surface area contributed by atoms with Gasteiger partial charge < -0.3 is 29.3 Å². The van der Waals surface area contributed by atoms with Gasteiger partial charge in [0, 0.05) is 49.2 Å². The van der Waals surface area contributed by atoms with E-state index in [1.54, 1.807) is 18.3 Å². The molecule has 3 heterocycles. The van der Waals surface area contributed by atoms with Gasteiger partial charge in [0.1, 0.15) is 42.6 Å². The molecule has 1 spiro atoms. The zero-order valence-electron chi connectivity index (χ0n) is 33.7. The Morgan fingerprint density at radius 3 is 2.47 bits per heavy atom. The molecule has 3 aromatic carbocycles. The van der Waals surface area contributed by atoms with Gasteiger partial charge in [0.25, 0.3) is 0 Å². The van der Waals surface area contributed by atoms with Crippen LogP contribution in [0.4, 0.5) is 0 Å². The summed E-state index contributed by atoms with van der Waals surface area (Å²) in [5.74, 6) is 1.05. The molecule has 306 valence electrons. The van der Waals surface area contributed by atoms with Gasteiger partial charge in [-0.25, -0.2) is 0 Å². The van der Waals surface area contributed by atoms with Gasteiger partial charge in [-0.05, 0) is 130 Å². The van der Waals surface area contributed by atoms with Gasteiger partial charge in [0.05, 0.1) is 23.3 Å². The van der Waals surface area contributed by atoms with Gasteiger partial charge in [-0.2, -0.15) is 5.26 Å². The first-order valence-corrected chi connectivity index (χ1v) is 21.1. The fraction of sp³-hybridized carbons (Fsp3) is 0.468. The molecule has 3 aliphatic rings. The molecule has 0 bridgehead atoms. The number of ether oxygens (including phenoxy) is 3. The van der Waals surface area contributed by atoms with E-state index in [-0.39, 0.29) is 19.3 Å². The molecule has 11 heteroatoms. The first-order chi connectivity index (χ1) is 28.1. The van der Waals surface area contributed by atoms with Crippen molar-refractivity contribution in [2.24, 2.45) is 5.41 Å². The van der Waals surface area contributed by atoms with Crippen LogP contribution in [0.2, 0.25) is 5.02 Å². The van der Waals surface area contributed by atoms with Crippen molar-refractivity contribution in [3.63, 3.8) is 0 Å². The molecule has 3 fully saturated rings. The summed E-state index contributed by atoms with van der Waals surface area (Å²) in [6.45, 7) is 9.65. The summed E-state index contributed by atoms with van der Waals surface area (Å²) in [6.07, 6.45) is 11.8. The lowest BCUT2D eigenvalue weighted by molar-refractivity contribution is -0.144. The summed E-state index contributed by atoms with van der Waals surface area (Å²) in [6, 6.07) is 19.3. The first kappa shape index (κ1) is 41.5. The van der Waals surface area contributed by atoms with E-state index in [0.29, 0.717) is 53.6 Å². The number of nitriles is 1. The number of rotatable bonds is 15. The molecule has 58 heavy (non-hydrogen) atoms. The van der Waals surface area contributed by atoms with Crippen LogP contribution in [0.5, 0.6) is 17.2 Å². The highest BCUT2D eigenvalue weighted by atomic mass is 35.5.